The molecule has 0 unspecified atom stereocenters. The minimum Gasteiger partial charge on any atom is -0.323 e. The molecule has 0 fully saturated rings. The summed E-state index contributed by atoms with van der Waals surface area (Å²) in [6.07, 6.45) is 0.108. The molecule has 3 N–H and O–H groups in total. The second kappa shape index (κ2) is 9.84. The summed E-state index contributed by atoms with van der Waals surface area (Å²) in [6.45, 7) is 0. The van der Waals surface area contributed by atoms with Crippen LogP contribution in [0, 0.1) is 5.82 Å². The highest BCUT2D eigenvalue weighted by Gasteiger charge is 2.17. The summed E-state index contributed by atoms with van der Waals surface area (Å²) in [4.78, 5) is 40.3. The molecular weight excluding hydrogens is 471 g/mol. The Morgan fingerprint density at radius 1 is 1.09 bits per heavy atom. The molecule has 0 spiro atoms. The maximum atomic E-state index is 13.8. The smallest absolute Gasteiger partial charge is 0.323 e. The first-order valence-electron chi connectivity index (χ1n) is 9.59. The number of aromatic nitrogens is 5. The van der Waals surface area contributed by atoms with Crippen molar-refractivity contribution >= 4 is 35.0 Å². The lowest BCUT2D eigenvalue weighted by molar-refractivity contribution is -0.113. The van der Waals surface area contributed by atoms with E-state index in [-0.39, 0.29) is 17.9 Å². The molecule has 0 radical (unpaired) electrons. The number of nitrogens with zero attached hydrogens (tertiary/aromatic N) is 3. The average molecular weight is 487 g/mol. The van der Waals surface area contributed by atoms with E-state index in [1.54, 1.807) is 34.9 Å². The van der Waals surface area contributed by atoms with Crippen molar-refractivity contribution in [3.8, 4) is 5.69 Å². The molecule has 2 aromatic heterocycles. The number of aromatic amines is 2. The van der Waals surface area contributed by atoms with Crippen molar-refractivity contribution in [2.75, 3.05) is 11.1 Å². The average Bonchev–Trinajstić information content (AvgIpc) is 3.16. The third-order valence-corrected chi connectivity index (χ3v) is 5.61. The molecule has 2 aromatic carbocycles. The van der Waals surface area contributed by atoms with Gasteiger partial charge in [0.25, 0.3) is 5.56 Å². The van der Waals surface area contributed by atoms with Crippen molar-refractivity contribution in [1.29, 1.82) is 0 Å². The van der Waals surface area contributed by atoms with E-state index < -0.39 is 23.0 Å². The van der Waals surface area contributed by atoms with Gasteiger partial charge in [0.2, 0.25) is 5.91 Å². The number of para-hydroxylation sites is 1. The highest BCUT2D eigenvalue weighted by molar-refractivity contribution is 7.99. The lowest BCUT2D eigenvalue weighted by atomic mass is 10.2. The molecule has 12 heteroatoms. The van der Waals surface area contributed by atoms with Crippen LogP contribution in [-0.2, 0) is 11.2 Å². The van der Waals surface area contributed by atoms with Gasteiger partial charge in [0.05, 0.1) is 11.4 Å². The molecule has 9 nitrogen and oxygen atoms in total. The van der Waals surface area contributed by atoms with E-state index in [9.17, 15) is 18.8 Å². The van der Waals surface area contributed by atoms with Crippen LogP contribution in [0.1, 0.15) is 11.5 Å². The zero-order chi connectivity index (χ0) is 23.4. The van der Waals surface area contributed by atoms with Crippen LogP contribution in [0.15, 0.2) is 69.3 Å². The Morgan fingerprint density at radius 2 is 1.85 bits per heavy atom. The van der Waals surface area contributed by atoms with Gasteiger partial charge < -0.3 is 10.3 Å². The van der Waals surface area contributed by atoms with Gasteiger partial charge in [-0.2, -0.15) is 0 Å². The molecule has 0 aliphatic heterocycles. The number of rotatable bonds is 7. The van der Waals surface area contributed by atoms with Gasteiger partial charge in [-0.25, -0.2) is 9.18 Å². The van der Waals surface area contributed by atoms with Crippen LogP contribution in [0.2, 0.25) is 5.02 Å². The van der Waals surface area contributed by atoms with E-state index in [1.165, 1.54) is 24.3 Å². The van der Waals surface area contributed by atoms with E-state index in [0.29, 0.717) is 27.4 Å². The normalized spacial score (nSPS) is 10.8. The largest absolute Gasteiger partial charge is 0.325 e. The number of hydrogen-bond acceptors (Lipinski definition) is 6. The summed E-state index contributed by atoms with van der Waals surface area (Å²) < 4.78 is 15.5. The van der Waals surface area contributed by atoms with Gasteiger partial charge in [-0.15, -0.1) is 10.2 Å². The zero-order valence-corrected chi connectivity index (χ0v) is 18.4. The maximum absolute atomic E-state index is 13.8. The fourth-order valence-corrected chi connectivity index (χ4v) is 3.92. The Kier molecular flexibility index (Phi) is 6.71. The second-order valence-corrected chi connectivity index (χ2v) is 8.20. The van der Waals surface area contributed by atoms with Gasteiger partial charge in [0.15, 0.2) is 5.16 Å². The number of anilines is 1. The Morgan fingerprint density at radius 3 is 2.58 bits per heavy atom. The van der Waals surface area contributed by atoms with Crippen molar-refractivity contribution in [2.45, 2.75) is 11.6 Å². The number of amides is 1. The first kappa shape index (κ1) is 22.5. The Labute approximate surface area is 195 Å². The van der Waals surface area contributed by atoms with Crippen molar-refractivity contribution in [3.05, 3.63) is 97.8 Å². The van der Waals surface area contributed by atoms with Crippen LogP contribution in [-0.4, -0.2) is 36.4 Å². The third-order valence-electron chi connectivity index (χ3n) is 4.43. The summed E-state index contributed by atoms with van der Waals surface area (Å²) >= 11 is 7.10. The predicted molar refractivity (Wildman–Crippen MR) is 123 cm³/mol. The fourth-order valence-electron chi connectivity index (χ4n) is 3.02. The molecule has 0 saturated carbocycles. The van der Waals surface area contributed by atoms with E-state index in [2.05, 4.69) is 25.5 Å². The molecule has 0 atom stereocenters. The number of benzene rings is 2. The van der Waals surface area contributed by atoms with Gasteiger partial charge in [-0.3, -0.25) is 19.1 Å². The van der Waals surface area contributed by atoms with Gasteiger partial charge in [0, 0.05) is 28.9 Å². The van der Waals surface area contributed by atoms with Gasteiger partial charge in [-0.1, -0.05) is 35.5 Å². The van der Waals surface area contributed by atoms with Crippen LogP contribution < -0.4 is 16.6 Å². The number of thioether (sulfide) groups is 1. The molecule has 168 valence electrons. The fraction of sp³-hybridized carbons (Fsp3) is 0.0952. The topological polar surface area (TPSA) is 126 Å². The Hall–Kier alpha value is -3.70. The standard InChI is InChI=1S/C21H16ClFN6O3S/c22-12-5-7-14(8-6-12)29-17(9-13-10-18(30)26-20(32)24-13)27-28-21(29)33-11-19(31)25-16-4-2-1-3-15(16)23/h1-8,10H,9,11H2,(H,25,31)(H2,24,26,30,32). The summed E-state index contributed by atoms with van der Waals surface area (Å²) in [7, 11) is 0. The quantitative estimate of drug-likeness (QED) is 0.345. The molecule has 4 aromatic rings. The van der Waals surface area contributed by atoms with Crippen molar-refractivity contribution in [3.63, 3.8) is 0 Å². The van der Waals surface area contributed by atoms with Crippen molar-refractivity contribution in [2.24, 2.45) is 0 Å². The highest BCUT2D eigenvalue weighted by Crippen LogP contribution is 2.24. The number of hydrogen-bond donors (Lipinski definition) is 3. The predicted octanol–water partition coefficient (Wildman–Crippen LogP) is 2.76. The first-order valence-corrected chi connectivity index (χ1v) is 11.0. The van der Waals surface area contributed by atoms with Crippen molar-refractivity contribution < 1.29 is 9.18 Å². The number of nitrogens with one attached hydrogen (secondary N) is 3. The minimum absolute atomic E-state index is 0.0537. The molecule has 2 heterocycles. The van der Waals surface area contributed by atoms with Gasteiger partial charge in [0.1, 0.15) is 11.6 Å². The molecule has 33 heavy (non-hydrogen) atoms. The van der Waals surface area contributed by atoms with E-state index in [4.69, 9.17) is 11.6 Å². The van der Waals surface area contributed by atoms with Crippen molar-refractivity contribution in [1.82, 2.24) is 24.7 Å². The van der Waals surface area contributed by atoms with E-state index in [0.717, 1.165) is 11.8 Å². The molecule has 0 aliphatic rings. The lowest BCUT2D eigenvalue weighted by Crippen LogP contribution is -2.23. The van der Waals surface area contributed by atoms with E-state index >= 15 is 0 Å². The summed E-state index contributed by atoms with van der Waals surface area (Å²) in [5.41, 5.74) is -0.0646. The zero-order valence-electron chi connectivity index (χ0n) is 16.8. The molecule has 0 saturated heterocycles. The maximum Gasteiger partial charge on any atom is 0.325 e. The monoisotopic (exact) mass is 486 g/mol. The van der Waals surface area contributed by atoms with Crippen LogP contribution in [0.3, 0.4) is 0 Å². The second-order valence-electron chi connectivity index (χ2n) is 6.82. The SMILES string of the molecule is O=C(CSc1nnc(Cc2cc(=O)[nH]c(=O)[nH]2)n1-c1ccc(Cl)cc1)Nc1ccccc1F. The van der Waals surface area contributed by atoms with Crippen LogP contribution in [0.25, 0.3) is 5.69 Å². The number of H-pyrrole nitrogens is 2. The number of carbonyl (C=O) groups is 1. The van der Waals surface area contributed by atoms with E-state index in [1.807, 2.05) is 0 Å². The van der Waals surface area contributed by atoms with Crippen LogP contribution in [0.5, 0.6) is 0 Å². The minimum atomic E-state index is -0.630. The lowest BCUT2D eigenvalue weighted by Gasteiger charge is -2.11. The molecule has 4 rings (SSSR count). The van der Waals surface area contributed by atoms with Gasteiger partial charge in [-0.05, 0) is 36.4 Å². The summed E-state index contributed by atoms with van der Waals surface area (Å²) in [5.74, 6) is -0.580. The highest BCUT2D eigenvalue weighted by atomic mass is 35.5. The third kappa shape index (κ3) is 5.57. The summed E-state index contributed by atoms with van der Waals surface area (Å²) in [6, 6.07) is 14.0. The number of carbonyl (C=O) groups excluding carboxylic acids is 1. The Bertz CT molecular complexity index is 1390. The molecule has 0 aliphatic carbocycles. The van der Waals surface area contributed by atoms with Gasteiger partial charge >= 0.3 is 5.69 Å². The van der Waals surface area contributed by atoms with Crippen LogP contribution in [0.4, 0.5) is 10.1 Å². The summed E-state index contributed by atoms with van der Waals surface area (Å²) in [5, 5.41) is 11.8. The Balaban J connectivity index is 1.60. The molecule has 0 bridgehead atoms. The van der Waals surface area contributed by atoms with Crippen LogP contribution >= 0.6 is 23.4 Å². The number of halogens is 2. The first-order chi connectivity index (χ1) is 15.9. The molecule has 1 amide bonds. The molecular formula is C21H16ClFN6O3S.